The molecule has 1 fully saturated rings. The quantitative estimate of drug-likeness (QED) is 0.550. The lowest BCUT2D eigenvalue weighted by atomic mass is 10.2. The molecule has 4 amide bonds. The maximum atomic E-state index is 13.3. The SMILES string of the molecule is CCN1C(=O)NC(Nc2ccc(Oc3ccccc3)cc2)N(Cc2ccc(F)cc2)C1=O. The number of amides is 4. The van der Waals surface area contributed by atoms with Gasteiger partial charge in [-0.3, -0.25) is 10.2 Å². The number of nitrogens with zero attached hydrogens (tertiary/aromatic N) is 2. The Labute approximate surface area is 185 Å². The molecule has 1 atom stereocenters. The zero-order valence-electron chi connectivity index (χ0n) is 17.5. The van der Waals surface area contributed by atoms with Crippen molar-refractivity contribution in [2.45, 2.75) is 19.8 Å². The van der Waals surface area contributed by atoms with Crippen molar-refractivity contribution in [1.29, 1.82) is 0 Å². The minimum absolute atomic E-state index is 0.197. The standard InChI is InChI=1S/C24H23FN4O3/c1-2-28-23(30)27-22(29(24(28)31)16-17-8-10-18(25)11-9-17)26-19-12-14-21(15-13-19)32-20-6-4-3-5-7-20/h3-15,22,26H,2,16H2,1H3,(H,27,30). The lowest BCUT2D eigenvalue weighted by Gasteiger charge is -2.41. The Kier molecular flexibility index (Phi) is 6.21. The molecule has 0 radical (unpaired) electrons. The lowest BCUT2D eigenvalue weighted by molar-refractivity contribution is 0.108. The summed E-state index contributed by atoms with van der Waals surface area (Å²) in [4.78, 5) is 28.0. The first kappa shape index (κ1) is 21.2. The Bertz CT molecular complexity index is 1070. The number of halogens is 1. The molecule has 1 aliphatic rings. The maximum absolute atomic E-state index is 13.3. The van der Waals surface area contributed by atoms with E-state index in [2.05, 4.69) is 10.6 Å². The van der Waals surface area contributed by atoms with Crippen LogP contribution in [0.1, 0.15) is 12.5 Å². The largest absolute Gasteiger partial charge is 0.457 e. The third-order valence-electron chi connectivity index (χ3n) is 5.01. The van der Waals surface area contributed by atoms with Gasteiger partial charge in [-0.1, -0.05) is 30.3 Å². The molecule has 0 aromatic heterocycles. The number of ether oxygens (including phenoxy) is 1. The summed E-state index contributed by atoms with van der Waals surface area (Å²) in [6, 6.07) is 21.6. The highest BCUT2D eigenvalue weighted by Crippen LogP contribution is 2.24. The number of anilines is 1. The third kappa shape index (κ3) is 4.80. The summed E-state index contributed by atoms with van der Waals surface area (Å²) in [6.07, 6.45) is -0.774. The van der Waals surface area contributed by atoms with Gasteiger partial charge in [0.25, 0.3) is 0 Å². The van der Waals surface area contributed by atoms with Crippen LogP contribution in [0, 0.1) is 5.82 Å². The topological polar surface area (TPSA) is 73.9 Å². The number of carbonyl (C=O) groups is 2. The van der Waals surface area contributed by atoms with Crippen LogP contribution in [-0.4, -0.2) is 34.7 Å². The Hall–Kier alpha value is -4.07. The van der Waals surface area contributed by atoms with Crippen molar-refractivity contribution in [1.82, 2.24) is 15.1 Å². The monoisotopic (exact) mass is 434 g/mol. The number of benzene rings is 3. The van der Waals surface area contributed by atoms with Gasteiger partial charge < -0.3 is 10.1 Å². The molecule has 164 valence electrons. The highest BCUT2D eigenvalue weighted by molar-refractivity contribution is 5.96. The van der Waals surface area contributed by atoms with E-state index in [1.165, 1.54) is 17.0 Å². The van der Waals surface area contributed by atoms with Crippen LogP contribution < -0.4 is 15.4 Å². The Morgan fingerprint density at radius 3 is 2.25 bits per heavy atom. The molecule has 0 aliphatic carbocycles. The number of para-hydroxylation sites is 1. The summed E-state index contributed by atoms with van der Waals surface area (Å²) in [5.74, 6) is 1.03. The van der Waals surface area contributed by atoms with Crippen LogP contribution >= 0.6 is 0 Å². The summed E-state index contributed by atoms with van der Waals surface area (Å²) < 4.78 is 19.1. The van der Waals surface area contributed by atoms with Gasteiger partial charge in [0.2, 0.25) is 0 Å². The molecule has 1 unspecified atom stereocenters. The van der Waals surface area contributed by atoms with Gasteiger partial charge in [0.15, 0.2) is 6.29 Å². The van der Waals surface area contributed by atoms with Crippen molar-refractivity contribution in [2.75, 3.05) is 11.9 Å². The van der Waals surface area contributed by atoms with E-state index in [0.717, 1.165) is 16.2 Å². The second kappa shape index (κ2) is 9.38. The predicted octanol–water partition coefficient (Wildman–Crippen LogP) is 4.98. The van der Waals surface area contributed by atoms with Crippen molar-refractivity contribution >= 4 is 17.7 Å². The average Bonchev–Trinajstić information content (AvgIpc) is 2.80. The van der Waals surface area contributed by atoms with Crippen molar-refractivity contribution < 1.29 is 18.7 Å². The van der Waals surface area contributed by atoms with E-state index in [0.29, 0.717) is 11.4 Å². The fourth-order valence-corrected chi connectivity index (χ4v) is 3.37. The van der Waals surface area contributed by atoms with Crippen LogP contribution in [0.15, 0.2) is 78.9 Å². The Balaban J connectivity index is 1.50. The maximum Gasteiger partial charge on any atom is 0.331 e. The number of carbonyl (C=O) groups excluding carboxylic acids is 2. The van der Waals surface area contributed by atoms with Gasteiger partial charge in [-0.25, -0.2) is 18.9 Å². The molecule has 4 rings (SSSR count). The molecule has 8 heteroatoms. The van der Waals surface area contributed by atoms with Gasteiger partial charge in [-0.2, -0.15) is 0 Å². The second-order valence-corrected chi connectivity index (χ2v) is 7.22. The highest BCUT2D eigenvalue weighted by atomic mass is 19.1. The van der Waals surface area contributed by atoms with Gasteiger partial charge in [0.1, 0.15) is 17.3 Å². The van der Waals surface area contributed by atoms with E-state index in [1.54, 1.807) is 43.3 Å². The molecular weight excluding hydrogens is 411 g/mol. The number of rotatable bonds is 7. The molecule has 3 aromatic rings. The lowest BCUT2D eigenvalue weighted by Crippen LogP contribution is -2.66. The number of urea groups is 2. The zero-order valence-corrected chi connectivity index (χ0v) is 17.5. The van der Waals surface area contributed by atoms with Crippen LogP contribution in [0.2, 0.25) is 0 Å². The molecule has 2 N–H and O–H groups in total. The van der Waals surface area contributed by atoms with Gasteiger partial charge in [-0.15, -0.1) is 0 Å². The Morgan fingerprint density at radius 2 is 1.59 bits per heavy atom. The number of imide groups is 1. The Morgan fingerprint density at radius 1 is 0.938 bits per heavy atom. The van der Waals surface area contributed by atoms with Crippen LogP contribution in [0.5, 0.6) is 11.5 Å². The van der Waals surface area contributed by atoms with E-state index in [-0.39, 0.29) is 18.9 Å². The van der Waals surface area contributed by atoms with Crippen LogP contribution in [0.4, 0.5) is 19.7 Å². The molecule has 0 bridgehead atoms. The molecule has 7 nitrogen and oxygen atoms in total. The minimum Gasteiger partial charge on any atom is -0.457 e. The van der Waals surface area contributed by atoms with E-state index in [9.17, 15) is 14.0 Å². The summed E-state index contributed by atoms with van der Waals surface area (Å²) in [6.45, 7) is 2.17. The summed E-state index contributed by atoms with van der Waals surface area (Å²) >= 11 is 0. The summed E-state index contributed by atoms with van der Waals surface area (Å²) in [5.41, 5.74) is 1.43. The van der Waals surface area contributed by atoms with Crippen LogP contribution in [0.3, 0.4) is 0 Å². The third-order valence-corrected chi connectivity index (χ3v) is 5.01. The molecular formula is C24H23FN4O3. The summed E-state index contributed by atoms with van der Waals surface area (Å²) in [7, 11) is 0. The average molecular weight is 434 g/mol. The molecule has 1 saturated heterocycles. The smallest absolute Gasteiger partial charge is 0.331 e. The van der Waals surface area contributed by atoms with Gasteiger partial charge in [-0.05, 0) is 61.0 Å². The minimum atomic E-state index is -0.774. The van der Waals surface area contributed by atoms with E-state index < -0.39 is 18.4 Å². The molecule has 1 heterocycles. The normalized spacial score (nSPS) is 16.0. The number of hydrogen-bond donors (Lipinski definition) is 2. The number of hydrogen-bond acceptors (Lipinski definition) is 4. The van der Waals surface area contributed by atoms with E-state index >= 15 is 0 Å². The van der Waals surface area contributed by atoms with Gasteiger partial charge in [0.05, 0.1) is 6.54 Å². The summed E-state index contributed by atoms with van der Waals surface area (Å²) in [5, 5.41) is 5.98. The van der Waals surface area contributed by atoms with Crippen molar-refractivity contribution in [2.24, 2.45) is 0 Å². The highest BCUT2D eigenvalue weighted by Gasteiger charge is 2.37. The molecule has 0 spiro atoms. The first-order chi connectivity index (χ1) is 15.5. The zero-order chi connectivity index (χ0) is 22.5. The molecule has 0 saturated carbocycles. The number of nitrogens with one attached hydrogen (secondary N) is 2. The fourth-order valence-electron chi connectivity index (χ4n) is 3.37. The first-order valence-corrected chi connectivity index (χ1v) is 10.3. The van der Waals surface area contributed by atoms with E-state index in [1.807, 2.05) is 30.3 Å². The molecule has 32 heavy (non-hydrogen) atoms. The van der Waals surface area contributed by atoms with Gasteiger partial charge in [0, 0.05) is 12.2 Å². The van der Waals surface area contributed by atoms with Crippen LogP contribution in [-0.2, 0) is 6.54 Å². The fraction of sp³-hybridized carbons (Fsp3) is 0.167. The molecule has 1 aliphatic heterocycles. The second-order valence-electron chi connectivity index (χ2n) is 7.22. The predicted molar refractivity (Wildman–Crippen MR) is 119 cm³/mol. The van der Waals surface area contributed by atoms with Gasteiger partial charge >= 0.3 is 12.1 Å². The van der Waals surface area contributed by atoms with Crippen molar-refractivity contribution in [3.63, 3.8) is 0 Å². The van der Waals surface area contributed by atoms with Crippen LogP contribution in [0.25, 0.3) is 0 Å². The molecule has 3 aromatic carbocycles. The van der Waals surface area contributed by atoms with E-state index in [4.69, 9.17) is 4.74 Å². The van der Waals surface area contributed by atoms with Crippen molar-refractivity contribution in [3.8, 4) is 11.5 Å². The van der Waals surface area contributed by atoms with Crippen molar-refractivity contribution in [3.05, 3.63) is 90.2 Å². The first-order valence-electron chi connectivity index (χ1n) is 10.3.